The Morgan fingerprint density at radius 1 is 1.14 bits per heavy atom. The Morgan fingerprint density at radius 2 is 1.89 bits per heavy atom. The van der Waals surface area contributed by atoms with E-state index in [2.05, 4.69) is 9.88 Å². The first-order chi connectivity index (χ1) is 13.4. The van der Waals surface area contributed by atoms with Gasteiger partial charge in [0.25, 0.3) is 5.91 Å². The fourth-order valence-electron chi connectivity index (χ4n) is 3.73. The van der Waals surface area contributed by atoms with Gasteiger partial charge in [-0.2, -0.15) is 0 Å². The van der Waals surface area contributed by atoms with Gasteiger partial charge in [0, 0.05) is 44.0 Å². The number of aryl methyl sites for hydroxylation is 1. The molecule has 0 bridgehead atoms. The van der Waals surface area contributed by atoms with Gasteiger partial charge < -0.3 is 14.6 Å². The van der Waals surface area contributed by atoms with Gasteiger partial charge >= 0.3 is 5.97 Å². The van der Waals surface area contributed by atoms with E-state index in [0.717, 1.165) is 13.0 Å². The summed E-state index contributed by atoms with van der Waals surface area (Å²) in [5, 5.41) is 0. The largest absolute Gasteiger partial charge is 0.465 e. The number of carbonyl (C=O) groups is 2. The molecule has 0 aliphatic carbocycles. The van der Waals surface area contributed by atoms with Crippen LogP contribution in [-0.2, 0) is 11.3 Å². The first kappa shape index (κ1) is 20.1. The number of esters is 1. The van der Waals surface area contributed by atoms with Crippen LogP contribution in [0.3, 0.4) is 0 Å². The number of nitrogens with zero attached hydrogens (tertiary/aromatic N) is 2. The number of nitrogens with one attached hydrogen (secondary N) is 1. The number of aromatic nitrogens is 1. The average Bonchev–Trinajstić information content (AvgIpc) is 2.84. The first-order valence-electron chi connectivity index (χ1n) is 9.45. The van der Waals surface area contributed by atoms with Crippen molar-refractivity contribution in [3.8, 4) is 0 Å². The fourth-order valence-corrected chi connectivity index (χ4v) is 3.73. The summed E-state index contributed by atoms with van der Waals surface area (Å²) < 4.78 is 18.7. The van der Waals surface area contributed by atoms with Gasteiger partial charge in [-0.05, 0) is 31.9 Å². The van der Waals surface area contributed by atoms with Crippen molar-refractivity contribution >= 4 is 11.9 Å². The summed E-state index contributed by atoms with van der Waals surface area (Å²) in [4.78, 5) is 32.0. The highest BCUT2D eigenvalue weighted by Crippen LogP contribution is 2.21. The number of benzene rings is 1. The van der Waals surface area contributed by atoms with Crippen LogP contribution >= 0.6 is 0 Å². The Labute approximate surface area is 164 Å². The van der Waals surface area contributed by atoms with Crippen molar-refractivity contribution in [1.82, 2.24) is 14.8 Å². The van der Waals surface area contributed by atoms with E-state index in [9.17, 15) is 14.0 Å². The Morgan fingerprint density at radius 3 is 2.61 bits per heavy atom. The van der Waals surface area contributed by atoms with Crippen LogP contribution in [0, 0.1) is 19.7 Å². The lowest BCUT2D eigenvalue weighted by atomic mass is 10.1. The Kier molecular flexibility index (Phi) is 6.14. The number of ether oxygens (including phenoxy) is 1. The number of rotatable bonds is 4. The van der Waals surface area contributed by atoms with Crippen LogP contribution in [0.2, 0.25) is 0 Å². The summed E-state index contributed by atoms with van der Waals surface area (Å²) in [7, 11) is 1.33. The number of amides is 1. The van der Waals surface area contributed by atoms with Crippen molar-refractivity contribution < 1.29 is 18.7 Å². The highest BCUT2D eigenvalue weighted by molar-refractivity contribution is 6.00. The van der Waals surface area contributed by atoms with Gasteiger partial charge in [-0.1, -0.05) is 18.2 Å². The van der Waals surface area contributed by atoms with E-state index in [1.165, 1.54) is 13.2 Å². The fraction of sp³-hybridized carbons (Fsp3) is 0.429. The molecule has 0 spiro atoms. The van der Waals surface area contributed by atoms with Gasteiger partial charge in [-0.15, -0.1) is 0 Å². The zero-order valence-corrected chi connectivity index (χ0v) is 16.5. The summed E-state index contributed by atoms with van der Waals surface area (Å²) in [5.74, 6) is -0.770. The Bertz CT molecular complexity index is 878. The number of carbonyl (C=O) groups excluding carboxylic acids is 2. The molecule has 2 heterocycles. The normalized spacial score (nSPS) is 15.4. The maximum absolute atomic E-state index is 13.9. The molecular formula is C21H26FN3O3. The number of H-pyrrole nitrogens is 1. The molecule has 1 amide bonds. The van der Waals surface area contributed by atoms with Crippen molar-refractivity contribution in [1.29, 1.82) is 0 Å². The third-order valence-electron chi connectivity index (χ3n) is 5.27. The molecule has 2 aromatic rings. The molecule has 0 unspecified atom stereocenters. The molecule has 1 saturated heterocycles. The summed E-state index contributed by atoms with van der Waals surface area (Å²) >= 11 is 0. The van der Waals surface area contributed by atoms with Crippen LogP contribution < -0.4 is 0 Å². The van der Waals surface area contributed by atoms with Gasteiger partial charge in [-0.25, -0.2) is 9.18 Å². The predicted molar refractivity (Wildman–Crippen MR) is 104 cm³/mol. The zero-order valence-electron chi connectivity index (χ0n) is 16.5. The minimum Gasteiger partial charge on any atom is -0.465 e. The second-order valence-corrected chi connectivity index (χ2v) is 7.13. The van der Waals surface area contributed by atoms with Gasteiger partial charge in [-0.3, -0.25) is 9.69 Å². The average molecular weight is 387 g/mol. The molecule has 0 saturated carbocycles. The lowest BCUT2D eigenvalue weighted by Crippen LogP contribution is -2.35. The zero-order chi connectivity index (χ0) is 20.3. The molecule has 1 aliphatic heterocycles. The maximum Gasteiger partial charge on any atom is 0.339 e. The number of hydrogen-bond donors (Lipinski definition) is 1. The maximum atomic E-state index is 13.9. The molecule has 3 rings (SSSR count). The molecule has 7 heteroatoms. The smallest absolute Gasteiger partial charge is 0.339 e. The van der Waals surface area contributed by atoms with E-state index >= 15 is 0 Å². The lowest BCUT2D eigenvalue weighted by Gasteiger charge is -2.22. The van der Waals surface area contributed by atoms with E-state index in [-0.39, 0.29) is 11.7 Å². The summed E-state index contributed by atoms with van der Waals surface area (Å²) in [6.07, 6.45) is 0.808. The van der Waals surface area contributed by atoms with E-state index in [1.54, 1.807) is 30.9 Å². The minimum absolute atomic E-state index is 0.122. The molecule has 150 valence electrons. The first-order valence-corrected chi connectivity index (χ1v) is 9.45. The van der Waals surface area contributed by atoms with E-state index < -0.39 is 5.97 Å². The van der Waals surface area contributed by atoms with Crippen molar-refractivity contribution in [2.75, 3.05) is 33.3 Å². The molecule has 1 aromatic carbocycles. The van der Waals surface area contributed by atoms with Crippen molar-refractivity contribution in [3.63, 3.8) is 0 Å². The van der Waals surface area contributed by atoms with E-state index in [1.807, 2.05) is 6.07 Å². The number of aromatic amines is 1. The van der Waals surface area contributed by atoms with Crippen LogP contribution in [0.15, 0.2) is 24.3 Å². The molecule has 0 radical (unpaired) electrons. The molecule has 1 N–H and O–H groups in total. The van der Waals surface area contributed by atoms with Crippen LogP contribution in [0.25, 0.3) is 0 Å². The van der Waals surface area contributed by atoms with Crippen LogP contribution in [-0.4, -0.2) is 59.9 Å². The van der Waals surface area contributed by atoms with Crippen LogP contribution in [0.4, 0.5) is 4.39 Å². The molecule has 1 aliphatic rings. The van der Waals surface area contributed by atoms with Gasteiger partial charge in [0.2, 0.25) is 0 Å². The van der Waals surface area contributed by atoms with Gasteiger partial charge in [0.05, 0.1) is 12.7 Å². The van der Waals surface area contributed by atoms with Crippen molar-refractivity contribution in [2.45, 2.75) is 26.8 Å². The van der Waals surface area contributed by atoms with Crippen LogP contribution in [0.1, 0.15) is 44.1 Å². The third-order valence-corrected chi connectivity index (χ3v) is 5.27. The van der Waals surface area contributed by atoms with Crippen molar-refractivity contribution in [3.05, 3.63) is 58.2 Å². The number of methoxy groups -OCH3 is 1. The Hall–Kier alpha value is -2.67. The summed E-state index contributed by atoms with van der Waals surface area (Å²) in [6, 6.07) is 6.78. The second kappa shape index (κ2) is 8.56. The van der Waals surface area contributed by atoms with E-state index in [0.29, 0.717) is 54.3 Å². The topological polar surface area (TPSA) is 65.6 Å². The van der Waals surface area contributed by atoms with E-state index in [4.69, 9.17) is 4.74 Å². The highest BCUT2D eigenvalue weighted by Gasteiger charge is 2.27. The second-order valence-electron chi connectivity index (χ2n) is 7.13. The molecule has 1 aromatic heterocycles. The van der Waals surface area contributed by atoms with Crippen LogP contribution in [0.5, 0.6) is 0 Å². The molecule has 6 nitrogen and oxygen atoms in total. The predicted octanol–water partition coefficient (Wildman–Crippen LogP) is 2.91. The minimum atomic E-state index is -0.447. The quantitative estimate of drug-likeness (QED) is 0.820. The third kappa shape index (κ3) is 4.09. The molecule has 0 atom stereocenters. The van der Waals surface area contributed by atoms with Crippen molar-refractivity contribution in [2.24, 2.45) is 0 Å². The summed E-state index contributed by atoms with van der Waals surface area (Å²) in [6.45, 7) is 6.69. The standard InChI is InChI=1S/C21H26FN3O3/c1-14-18(21(27)28-3)15(2)23-19(14)20(26)25-10-6-9-24(11-12-25)13-16-7-4-5-8-17(16)22/h4-5,7-8,23H,6,9-13H2,1-3H3. The van der Waals surface area contributed by atoms with Gasteiger partial charge in [0.15, 0.2) is 0 Å². The SMILES string of the molecule is COC(=O)c1c(C)[nH]c(C(=O)N2CCCN(Cc3ccccc3F)CC2)c1C. The van der Waals surface area contributed by atoms with Gasteiger partial charge in [0.1, 0.15) is 11.5 Å². The molecule has 28 heavy (non-hydrogen) atoms. The number of hydrogen-bond acceptors (Lipinski definition) is 4. The molecular weight excluding hydrogens is 361 g/mol. The lowest BCUT2D eigenvalue weighted by molar-refractivity contribution is 0.0599. The molecule has 1 fully saturated rings. The summed E-state index contributed by atoms with van der Waals surface area (Å²) in [5.41, 5.74) is 2.76. The monoisotopic (exact) mass is 387 g/mol. The number of halogens is 1. The Balaban J connectivity index is 1.70. The highest BCUT2D eigenvalue weighted by atomic mass is 19.1.